The van der Waals surface area contributed by atoms with Crippen molar-refractivity contribution in [2.24, 2.45) is 0 Å². The van der Waals surface area contributed by atoms with Crippen LogP contribution < -0.4 is 0 Å². The van der Waals surface area contributed by atoms with Gasteiger partial charge in [-0.3, -0.25) is 14.4 Å². The van der Waals surface area contributed by atoms with Gasteiger partial charge in [-0.15, -0.1) is 0 Å². The maximum absolute atomic E-state index is 10.1. The zero-order chi connectivity index (χ0) is 18.6. The van der Waals surface area contributed by atoms with E-state index in [2.05, 4.69) is 6.92 Å². The van der Waals surface area contributed by atoms with Gasteiger partial charge < -0.3 is 15.3 Å². The standard InChI is InChI=1S/C10H20O2.C8H14O4/c1-2-3-4-5-6-7-8-9-10(11)12;9-7(10)5-3-1-2-4-6-8(11)12/h2-9H2,1H3,(H,11,12);1-6H2,(H,9,10)(H,11,12). The largest absolute Gasteiger partial charge is 0.481 e. The number of unbranched alkanes of at least 4 members (excludes halogenated alkanes) is 9. The lowest BCUT2D eigenvalue weighted by molar-refractivity contribution is -0.138. The number of carboxylic acid groups (broad SMARTS) is 3. The summed E-state index contributed by atoms with van der Waals surface area (Å²) in [7, 11) is 0. The van der Waals surface area contributed by atoms with Crippen molar-refractivity contribution in [2.45, 2.75) is 96.8 Å². The van der Waals surface area contributed by atoms with Crippen LogP contribution in [0.1, 0.15) is 96.8 Å². The van der Waals surface area contributed by atoms with E-state index in [1.54, 1.807) is 0 Å². The first-order chi connectivity index (χ1) is 11.4. The number of rotatable bonds is 15. The molecule has 0 aliphatic rings. The lowest BCUT2D eigenvalue weighted by Crippen LogP contribution is -1.95. The van der Waals surface area contributed by atoms with E-state index in [0.29, 0.717) is 19.3 Å². The van der Waals surface area contributed by atoms with Crippen LogP contribution in [-0.2, 0) is 14.4 Å². The van der Waals surface area contributed by atoms with Gasteiger partial charge in [-0.2, -0.15) is 0 Å². The van der Waals surface area contributed by atoms with Crippen molar-refractivity contribution in [1.29, 1.82) is 0 Å². The monoisotopic (exact) mass is 346 g/mol. The van der Waals surface area contributed by atoms with E-state index in [0.717, 1.165) is 25.7 Å². The molecule has 0 atom stereocenters. The molecule has 142 valence electrons. The van der Waals surface area contributed by atoms with Gasteiger partial charge >= 0.3 is 17.9 Å². The number of carbonyl (C=O) groups is 3. The Morgan fingerprint density at radius 3 is 1.00 bits per heavy atom. The Labute approximate surface area is 145 Å². The van der Waals surface area contributed by atoms with Crippen LogP contribution in [0.4, 0.5) is 0 Å². The molecule has 0 heterocycles. The van der Waals surface area contributed by atoms with Gasteiger partial charge in [0.05, 0.1) is 0 Å². The van der Waals surface area contributed by atoms with Gasteiger partial charge in [-0.1, -0.05) is 58.3 Å². The van der Waals surface area contributed by atoms with Crippen molar-refractivity contribution in [1.82, 2.24) is 0 Å². The molecule has 0 aliphatic heterocycles. The third kappa shape index (κ3) is 28.6. The topological polar surface area (TPSA) is 112 Å². The van der Waals surface area contributed by atoms with Crippen molar-refractivity contribution in [3.05, 3.63) is 0 Å². The van der Waals surface area contributed by atoms with E-state index in [1.807, 2.05) is 0 Å². The number of carboxylic acids is 3. The summed E-state index contributed by atoms with van der Waals surface area (Å²) in [6.45, 7) is 2.20. The van der Waals surface area contributed by atoms with Crippen molar-refractivity contribution in [2.75, 3.05) is 0 Å². The Morgan fingerprint density at radius 2 is 0.750 bits per heavy atom. The summed E-state index contributed by atoms with van der Waals surface area (Å²) >= 11 is 0. The number of hydrogen-bond acceptors (Lipinski definition) is 3. The summed E-state index contributed by atoms with van der Waals surface area (Å²) in [5.74, 6) is -2.23. The summed E-state index contributed by atoms with van der Waals surface area (Å²) in [6, 6.07) is 0. The minimum absolute atomic E-state index is 0.188. The van der Waals surface area contributed by atoms with E-state index in [-0.39, 0.29) is 12.8 Å². The van der Waals surface area contributed by atoms with Gasteiger partial charge in [-0.05, 0) is 19.3 Å². The molecule has 0 unspecified atom stereocenters. The molecule has 0 radical (unpaired) electrons. The predicted octanol–water partition coefficient (Wildman–Crippen LogP) is 4.71. The average molecular weight is 346 g/mol. The Bertz CT molecular complexity index is 309. The number of hydrogen-bond donors (Lipinski definition) is 3. The van der Waals surface area contributed by atoms with Crippen molar-refractivity contribution < 1.29 is 29.7 Å². The third-order valence-corrected chi connectivity index (χ3v) is 3.53. The molecule has 0 aliphatic carbocycles. The fourth-order valence-corrected chi connectivity index (χ4v) is 2.14. The summed E-state index contributed by atoms with van der Waals surface area (Å²) in [5.41, 5.74) is 0. The van der Waals surface area contributed by atoms with Gasteiger partial charge in [0.15, 0.2) is 0 Å². The highest BCUT2D eigenvalue weighted by molar-refractivity contribution is 5.67. The molecule has 0 amide bonds. The number of aliphatic carboxylic acids is 3. The Hall–Kier alpha value is -1.59. The lowest BCUT2D eigenvalue weighted by atomic mass is 10.1. The SMILES string of the molecule is CCCCCCCCCC(=O)O.O=C(O)CCCCCCC(=O)O. The molecule has 0 aromatic carbocycles. The molecule has 24 heavy (non-hydrogen) atoms. The molecule has 6 heteroatoms. The molecule has 0 saturated heterocycles. The molecule has 3 N–H and O–H groups in total. The fourth-order valence-electron chi connectivity index (χ4n) is 2.14. The van der Waals surface area contributed by atoms with E-state index in [1.165, 1.54) is 32.1 Å². The first-order valence-corrected chi connectivity index (χ1v) is 9.05. The molecule has 0 bridgehead atoms. The average Bonchev–Trinajstić information content (AvgIpc) is 2.50. The fraction of sp³-hybridized carbons (Fsp3) is 0.833. The van der Waals surface area contributed by atoms with Gasteiger partial charge in [0.25, 0.3) is 0 Å². The van der Waals surface area contributed by atoms with Crippen molar-refractivity contribution in [3.8, 4) is 0 Å². The highest BCUT2D eigenvalue weighted by Gasteiger charge is 1.98. The zero-order valence-corrected chi connectivity index (χ0v) is 15.0. The van der Waals surface area contributed by atoms with Crippen LogP contribution >= 0.6 is 0 Å². The van der Waals surface area contributed by atoms with E-state index in [4.69, 9.17) is 15.3 Å². The first-order valence-electron chi connectivity index (χ1n) is 9.05. The van der Waals surface area contributed by atoms with Gasteiger partial charge in [-0.25, -0.2) is 0 Å². The summed E-state index contributed by atoms with van der Waals surface area (Å²) in [4.78, 5) is 30.2. The van der Waals surface area contributed by atoms with Crippen LogP contribution in [0.2, 0.25) is 0 Å². The molecule has 0 fully saturated rings. The molecular weight excluding hydrogens is 312 g/mol. The molecule has 0 aromatic rings. The molecule has 0 rings (SSSR count). The normalized spacial score (nSPS) is 9.88. The Balaban J connectivity index is 0. The smallest absolute Gasteiger partial charge is 0.303 e. The highest BCUT2D eigenvalue weighted by Crippen LogP contribution is 2.08. The lowest BCUT2D eigenvalue weighted by Gasteiger charge is -1.98. The van der Waals surface area contributed by atoms with Crippen LogP contribution in [0, 0.1) is 0 Å². The maximum Gasteiger partial charge on any atom is 0.303 e. The zero-order valence-electron chi connectivity index (χ0n) is 15.0. The predicted molar refractivity (Wildman–Crippen MR) is 93.2 cm³/mol. The third-order valence-electron chi connectivity index (χ3n) is 3.53. The first kappa shape index (κ1) is 24.7. The highest BCUT2D eigenvalue weighted by atomic mass is 16.4. The van der Waals surface area contributed by atoms with Gasteiger partial charge in [0.2, 0.25) is 0 Å². The quantitative estimate of drug-likeness (QED) is 0.370. The van der Waals surface area contributed by atoms with E-state index >= 15 is 0 Å². The van der Waals surface area contributed by atoms with E-state index in [9.17, 15) is 14.4 Å². The second-order valence-corrected chi connectivity index (χ2v) is 5.97. The minimum atomic E-state index is -0.784. The van der Waals surface area contributed by atoms with Crippen molar-refractivity contribution >= 4 is 17.9 Å². The van der Waals surface area contributed by atoms with Crippen LogP contribution in [0.5, 0.6) is 0 Å². The molecular formula is C18H34O6. The van der Waals surface area contributed by atoms with Crippen LogP contribution in [-0.4, -0.2) is 33.2 Å². The molecule has 0 aromatic heterocycles. The van der Waals surface area contributed by atoms with Gasteiger partial charge in [0.1, 0.15) is 0 Å². The summed E-state index contributed by atoms with van der Waals surface area (Å²) in [5, 5.41) is 24.9. The Kier molecular flexibility index (Phi) is 20.0. The molecule has 0 saturated carbocycles. The molecule has 0 spiro atoms. The molecule has 6 nitrogen and oxygen atoms in total. The summed E-state index contributed by atoms with van der Waals surface area (Å²) in [6.07, 6.45) is 11.9. The maximum atomic E-state index is 10.1. The van der Waals surface area contributed by atoms with E-state index < -0.39 is 17.9 Å². The van der Waals surface area contributed by atoms with Crippen LogP contribution in [0.15, 0.2) is 0 Å². The minimum Gasteiger partial charge on any atom is -0.481 e. The summed E-state index contributed by atoms with van der Waals surface area (Å²) < 4.78 is 0. The van der Waals surface area contributed by atoms with Crippen molar-refractivity contribution in [3.63, 3.8) is 0 Å². The van der Waals surface area contributed by atoms with Crippen LogP contribution in [0.25, 0.3) is 0 Å². The van der Waals surface area contributed by atoms with Crippen LogP contribution in [0.3, 0.4) is 0 Å². The second kappa shape index (κ2) is 19.5. The Morgan fingerprint density at radius 1 is 0.500 bits per heavy atom. The second-order valence-electron chi connectivity index (χ2n) is 5.97. The van der Waals surface area contributed by atoms with Gasteiger partial charge in [0, 0.05) is 19.3 Å².